The summed E-state index contributed by atoms with van der Waals surface area (Å²) in [5.41, 5.74) is 0. The second-order valence-electron chi connectivity index (χ2n) is 3.01. The number of piperazine rings is 1. The Morgan fingerprint density at radius 3 is 2.60 bits per heavy atom. The van der Waals surface area contributed by atoms with E-state index in [1.54, 1.807) is 0 Å². The topological polar surface area (TPSA) is 45.2 Å². The number of rotatable bonds is 1. The Hall–Kier alpha value is -1.13. The molecular weight excluding hydrogens is 214 g/mol. The summed E-state index contributed by atoms with van der Waals surface area (Å²) in [5.74, 6) is 1.32. The summed E-state index contributed by atoms with van der Waals surface area (Å²) in [6, 6.07) is 6.04. The third-order valence-electron chi connectivity index (χ3n) is 2.09. The minimum Gasteiger partial charge on any atom is -0.354 e. The van der Waals surface area contributed by atoms with Crippen molar-refractivity contribution in [2.45, 2.75) is 0 Å². The highest BCUT2D eigenvalue weighted by atomic mass is 35.5. The predicted molar refractivity (Wildman–Crippen MR) is 61.9 cm³/mol. The number of hydrogen-bond acceptors (Lipinski definition) is 4. The molecule has 82 valence electrons. The van der Waals surface area contributed by atoms with Crippen LogP contribution >= 0.6 is 11.6 Å². The molecule has 1 aliphatic rings. The Labute approximate surface area is 94.3 Å². The maximum Gasteiger partial charge on any atom is 0.208 e. The standard InChI is InChI=1S/C9H13N3.CHClO/c1-2-4-11-9(3-1)12-7-5-10-6-8-12;2-1-3/h1-4,10H,5-8H2;1H. The third kappa shape index (κ3) is 4.27. The van der Waals surface area contributed by atoms with Crippen LogP contribution in [-0.2, 0) is 4.79 Å². The molecule has 2 heterocycles. The first kappa shape index (κ1) is 11.9. The smallest absolute Gasteiger partial charge is 0.208 e. The fraction of sp³-hybridized carbons (Fsp3) is 0.400. The van der Waals surface area contributed by atoms with Gasteiger partial charge in [0.25, 0.3) is 0 Å². The van der Waals surface area contributed by atoms with E-state index < -0.39 is 0 Å². The van der Waals surface area contributed by atoms with Gasteiger partial charge < -0.3 is 10.2 Å². The van der Waals surface area contributed by atoms with Crippen molar-refractivity contribution in [2.24, 2.45) is 0 Å². The summed E-state index contributed by atoms with van der Waals surface area (Å²) < 4.78 is 0. The Balaban J connectivity index is 0.000000337. The summed E-state index contributed by atoms with van der Waals surface area (Å²) in [6.07, 6.45) is 1.84. The van der Waals surface area contributed by atoms with Crippen LogP contribution in [0.15, 0.2) is 24.4 Å². The van der Waals surface area contributed by atoms with E-state index in [1.807, 2.05) is 18.3 Å². The molecule has 2 rings (SSSR count). The second-order valence-corrected chi connectivity index (χ2v) is 3.19. The zero-order chi connectivity index (χ0) is 10.9. The molecule has 0 unspecified atom stereocenters. The van der Waals surface area contributed by atoms with Crippen LogP contribution in [0.25, 0.3) is 0 Å². The van der Waals surface area contributed by atoms with Gasteiger partial charge in [0, 0.05) is 32.4 Å². The lowest BCUT2D eigenvalue weighted by atomic mass is 10.3. The molecule has 0 spiro atoms. The average molecular weight is 228 g/mol. The Kier molecular flexibility index (Phi) is 5.73. The molecule has 1 saturated heterocycles. The van der Waals surface area contributed by atoms with Crippen molar-refractivity contribution in [2.75, 3.05) is 31.1 Å². The van der Waals surface area contributed by atoms with Gasteiger partial charge in [0.15, 0.2) is 0 Å². The highest BCUT2D eigenvalue weighted by molar-refractivity contribution is 6.54. The summed E-state index contributed by atoms with van der Waals surface area (Å²) >= 11 is 4.32. The molecule has 0 aromatic carbocycles. The molecule has 1 N–H and O–H groups in total. The van der Waals surface area contributed by atoms with E-state index in [1.165, 1.54) is 0 Å². The van der Waals surface area contributed by atoms with Gasteiger partial charge in [0.1, 0.15) is 5.82 Å². The van der Waals surface area contributed by atoms with Crippen LogP contribution in [0.4, 0.5) is 5.82 Å². The average Bonchev–Trinajstić information content (AvgIpc) is 2.32. The zero-order valence-electron chi connectivity index (χ0n) is 8.40. The van der Waals surface area contributed by atoms with Gasteiger partial charge in [-0.1, -0.05) is 6.07 Å². The van der Waals surface area contributed by atoms with E-state index in [0.717, 1.165) is 32.0 Å². The van der Waals surface area contributed by atoms with E-state index >= 15 is 0 Å². The van der Waals surface area contributed by atoms with Crippen LogP contribution in [0.1, 0.15) is 0 Å². The molecule has 0 amide bonds. The minimum absolute atomic E-state index is 0.222. The fourth-order valence-electron chi connectivity index (χ4n) is 1.43. The van der Waals surface area contributed by atoms with Gasteiger partial charge in [0.05, 0.1) is 0 Å². The van der Waals surface area contributed by atoms with Gasteiger partial charge in [-0.2, -0.15) is 0 Å². The Bertz CT molecular complexity index is 275. The van der Waals surface area contributed by atoms with Gasteiger partial charge >= 0.3 is 0 Å². The van der Waals surface area contributed by atoms with Crippen LogP contribution in [0.5, 0.6) is 0 Å². The predicted octanol–water partition coefficient (Wildman–Crippen LogP) is 0.907. The van der Waals surface area contributed by atoms with Crippen molar-refractivity contribution in [1.82, 2.24) is 10.3 Å². The summed E-state index contributed by atoms with van der Waals surface area (Å²) in [5, 5.41) is 3.32. The molecule has 15 heavy (non-hydrogen) atoms. The molecule has 1 fully saturated rings. The number of halogens is 1. The van der Waals surface area contributed by atoms with Crippen LogP contribution in [0.2, 0.25) is 0 Å². The lowest BCUT2D eigenvalue weighted by Crippen LogP contribution is -2.43. The van der Waals surface area contributed by atoms with Crippen molar-refractivity contribution < 1.29 is 4.79 Å². The summed E-state index contributed by atoms with van der Waals surface area (Å²) in [6.45, 7) is 4.27. The lowest BCUT2D eigenvalue weighted by Gasteiger charge is -2.28. The number of carbonyl (C=O) groups is 1. The molecule has 1 aromatic heterocycles. The fourth-order valence-corrected chi connectivity index (χ4v) is 1.43. The SMILES string of the molecule is O=CCl.c1ccc(N2CCNCC2)nc1. The maximum absolute atomic E-state index is 8.57. The molecular formula is C10H14ClN3O. The molecule has 5 heteroatoms. The summed E-state index contributed by atoms with van der Waals surface area (Å²) in [7, 11) is 0. The third-order valence-corrected chi connectivity index (χ3v) is 2.09. The number of pyridine rings is 1. The van der Waals surface area contributed by atoms with E-state index in [9.17, 15) is 0 Å². The first-order valence-electron chi connectivity index (χ1n) is 4.79. The number of nitrogens with one attached hydrogen (secondary N) is 1. The summed E-state index contributed by atoms with van der Waals surface area (Å²) in [4.78, 5) is 15.2. The van der Waals surface area contributed by atoms with Gasteiger partial charge in [-0.15, -0.1) is 0 Å². The molecule has 0 atom stereocenters. The number of aromatic nitrogens is 1. The minimum atomic E-state index is 0.222. The van der Waals surface area contributed by atoms with Crippen molar-refractivity contribution in [3.05, 3.63) is 24.4 Å². The van der Waals surface area contributed by atoms with E-state index in [2.05, 4.69) is 32.9 Å². The number of carbonyl (C=O) groups excluding carboxylic acids is 1. The molecule has 0 radical (unpaired) electrons. The quantitative estimate of drug-likeness (QED) is 0.572. The second kappa shape index (κ2) is 7.20. The molecule has 1 aliphatic heterocycles. The van der Waals surface area contributed by atoms with Gasteiger partial charge in [-0.3, -0.25) is 4.79 Å². The maximum atomic E-state index is 8.57. The molecule has 1 aromatic rings. The van der Waals surface area contributed by atoms with Crippen LogP contribution in [-0.4, -0.2) is 36.9 Å². The highest BCUT2D eigenvalue weighted by Crippen LogP contribution is 2.08. The van der Waals surface area contributed by atoms with Crippen LogP contribution < -0.4 is 10.2 Å². The molecule has 0 bridgehead atoms. The van der Waals surface area contributed by atoms with Crippen molar-refractivity contribution in [1.29, 1.82) is 0 Å². The molecule has 0 aliphatic carbocycles. The number of nitrogens with zero attached hydrogens (tertiary/aromatic N) is 2. The van der Waals surface area contributed by atoms with Crippen molar-refractivity contribution in [3.8, 4) is 0 Å². The monoisotopic (exact) mass is 227 g/mol. The molecule has 4 nitrogen and oxygen atoms in total. The van der Waals surface area contributed by atoms with Crippen molar-refractivity contribution >= 4 is 23.2 Å². The number of hydrogen-bond donors (Lipinski definition) is 1. The Morgan fingerprint density at radius 1 is 1.40 bits per heavy atom. The first-order chi connectivity index (χ1) is 7.38. The Morgan fingerprint density at radius 2 is 2.07 bits per heavy atom. The normalized spacial score (nSPS) is 15.1. The zero-order valence-corrected chi connectivity index (χ0v) is 9.15. The lowest BCUT2D eigenvalue weighted by molar-refractivity contribution is 0.569. The largest absolute Gasteiger partial charge is 0.354 e. The number of anilines is 1. The van der Waals surface area contributed by atoms with Gasteiger partial charge in [-0.05, 0) is 23.7 Å². The highest BCUT2D eigenvalue weighted by Gasteiger charge is 2.09. The van der Waals surface area contributed by atoms with Crippen LogP contribution in [0.3, 0.4) is 0 Å². The first-order valence-corrected chi connectivity index (χ1v) is 5.22. The van der Waals surface area contributed by atoms with Gasteiger partial charge in [0.2, 0.25) is 5.75 Å². The van der Waals surface area contributed by atoms with Gasteiger partial charge in [-0.25, -0.2) is 4.98 Å². The van der Waals surface area contributed by atoms with Crippen molar-refractivity contribution in [3.63, 3.8) is 0 Å². The molecule has 0 saturated carbocycles. The van der Waals surface area contributed by atoms with E-state index in [0.29, 0.717) is 0 Å². The van der Waals surface area contributed by atoms with E-state index in [4.69, 9.17) is 4.79 Å². The van der Waals surface area contributed by atoms with Crippen LogP contribution in [0, 0.1) is 0 Å². The van der Waals surface area contributed by atoms with E-state index in [-0.39, 0.29) is 5.75 Å².